The number of hydrogen-bond donors (Lipinski definition) is 2. The summed E-state index contributed by atoms with van der Waals surface area (Å²) in [6.45, 7) is 4.69. The molecular formula is C15H16FN5O3S. The minimum Gasteiger partial charge on any atom is -0.351 e. The Morgan fingerprint density at radius 1 is 1.32 bits per heavy atom. The van der Waals surface area contributed by atoms with Crippen LogP contribution in [0.25, 0.3) is 0 Å². The maximum Gasteiger partial charge on any atom is 0.313 e. The summed E-state index contributed by atoms with van der Waals surface area (Å²) in [6, 6.07) is 6.33. The van der Waals surface area contributed by atoms with Crippen molar-refractivity contribution in [1.29, 1.82) is 0 Å². The predicted octanol–water partition coefficient (Wildman–Crippen LogP) is 1.35. The zero-order valence-electron chi connectivity index (χ0n) is 13.4. The first-order valence-electron chi connectivity index (χ1n) is 7.18. The van der Waals surface area contributed by atoms with Gasteiger partial charge in [0.05, 0.1) is 5.75 Å². The Balaban J connectivity index is 2.05. The van der Waals surface area contributed by atoms with Crippen molar-refractivity contribution >= 4 is 27.4 Å². The summed E-state index contributed by atoms with van der Waals surface area (Å²) in [7, 11) is -3.38. The highest BCUT2D eigenvalue weighted by molar-refractivity contribution is 7.94. The number of hydrogen-bond acceptors (Lipinski definition) is 7. The predicted molar refractivity (Wildman–Crippen MR) is 90.6 cm³/mol. The lowest BCUT2D eigenvalue weighted by molar-refractivity contribution is 0.0956. The molecule has 0 bridgehead atoms. The number of aromatic nitrogens is 3. The Kier molecular flexibility index (Phi) is 5.75. The molecule has 2 aromatic rings. The molecule has 0 saturated heterocycles. The first-order valence-corrected chi connectivity index (χ1v) is 8.89. The number of rotatable bonds is 7. The van der Waals surface area contributed by atoms with E-state index in [2.05, 4.69) is 32.2 Å². The molecule has 25 heavy (non-hydrogen) atoms. The lowest BCUT2D eigenvalue weighted by Gasteiger charge is -2.08. The van der Waals surface area contributed by atoms with Crippen LogP contribution in [0.1, 0.15) is 16.2 Å². The second kappa shape index (κ2) is 7.79. The summed E-state index contributed by atoms with van der Waals surface area (Å²) in [5.41, 5.74) is 0.767. The lowest BCUT2D eigenvalue weighted by atomic mass is 10.2. The third kappa shape index (κ3) is 5.60. The van der Waals surface area contributed by atoms with E-state index in [4.69, 9.17) is 0 Å². The number of carbonyl (C=O) groups excluding carboxylic acids is 1. The molecule has 0 fully saturated rings. The second-order valence-electron chi connectivity index (χ2n) is 4.97. The van der Waals surface area contributed by atoms with E-state index in [0.717, 1.165) is 5.41 Å². The standard InChI is InChI=1S/C15H16FN5O3S/c1-3-25(23,24)8-7-17-13(22)11-5-4-6-12(9-11)20-15-19-10(2)18-14(16)21-15/h3-6,9H,1,7-8H2,2H3,(H,17,22)(H,18,19,20,21). The molecule has 0 atom stereocenters. The van der Waals surface area contributed by atoms with Crippen molar-refractivity contribution in [3.8, 4) is 0 Å². The third-order valence-corrected chi connectivity index (χ3v) is 4.31. The summed E-state index contributed by atoms with van der Waals surface area (Å²) in [5, 5.41) is 6.13. The van der Waals surface area contributed by atoms with Crippen LogP contribution >= 0.6 is 0 Å². The van der Waals surface area contributed by atoms with Gasteiger partial charge in [-0.1, -0.05) is 12.6 Å². The minimum atomic E-state index is -3.38. The number of amides is 1. The first-order chi connectivity index (χ1) is 11.8. The van der Waals surface area contributed by atoms with Gasteiger partial charge in [-0.05, 0) is 25.1 Å². The van der Waals surface area contributed by atoms with Crippen molar-refractivity contribution in [3.63, 3.8) is 0 Å². The molecule has 0 aliphatic carbocycles. The molecule has 1 aromatic carbocycles. The molecule has 1 amide bonds. The van der Waals surface area contributed by atoms with Gasteiger partial charge in [0.25, 0.3) is 5.91 Å². The molecule has 0 aliphatic rings. The average Bonchev–Trinajstić information content (AvgIpc) is 2.54. The first kappa shape index (κ1) is 18.5. The molecule has 10 heteroatoms. The van der Waals surface area contributed by atoms with Gasteiger partial charge in [0.1, 0.15) is 5.82 Å². The highest BCUT2D eigenvalue weighted by atomic mass is 32.2. The van der Waals surface area contributed by atoms with Crippen molar-refractivity contribution in [2.24, 2.45) is 0 Å². The molecule has 2 rings (SSSR count). The quantitative estimate of drug-likeness (QED) is 0.761. The van der Waals surface area contributed by atoms with Crippen LogP contribution < -0.4 is 10.6 Å². The van der Waals surface area contributed by atoms with E-state index in [0.29, 0.717) is 11.3 Å². The van der Waals surface area contributed by atoms with Crippen LogP contribution in [0, 0.1) is 13.0 Å². The van der Waals surface area contributed by atoms with Gasteiger partial charge in [0, 0.05) is 23.2 Å². The molecule has 2 N–H and O–H groups in total. The van der Waals surface area contributed by atoms with Crippen LogP contribution in [0.4, 0.5) is 16.0 Å². The van der Waals surface area contributed by atoms with Crippen LogP contribution in [0.15, 0.2) is 36.3 Å². The van der Waals surface area contributed by atoms with Crippen molar-refractivity contribution in [1.82, 2.24) is 20.3 Å². The van der Waals surface area contributed by atoms with E-state index in [9.17, 15) is 17.6 Å². The Bertz CT molecular complexity index is 882. The molecule has 1 aromatic heterocycles. The zero-order chi connectivity index (χ0) is 18.4. The smallest absolute Gasteiger partial charge is 0.313 e. The number of sulfone groups is 1. The monoisotopic (exact) mass is 365 g/mol. The fraction of sp³-hybridized carbons (Fsp3) is 0.200. The van der Waals surface area contributed by atoms with Gasteiger partial charge in [-0.2, -0.15) is 19.3 Å². The molecule has 8 nitrogen and oxygen atoms in total. The van der Waals surface area contributed by atoms with Gasteiger partial charge < -0.3 is 10.6 Å². The SMILES string of the molecule is C=CS(=O)(=O)CCNC(=O)c1cccc(Nc2nc(C)nc(F)n2)c1. The molecule has 1 heterocycles. The van der Waals surface area contributed by atoms with Crippen LogP contribution in [-0.4, -0.2) is 41.6 Å². The molecule has 0 saturated carbocycles. The number of nitrogens with one attached hydrogen (secondary N) is 2. The summed E-state index contributed by atoms with van der Waals surface area (Å²) >= 11 is 0. The summed E-state index contributed by atoms with van der Waals surface area (Å²) in [4.78, 5) is 23.0. The van der Waals surface area contributed by atoms with Crippen molar-refractivity contribution in [3.05, 3.63) is 53.7 Å². The summed E-state index contributed by atoms with van der Waals surface area (Å²) in [6.07, 6.45) is -0.910. The van der Waals surface area contributed by atoms with E-state index < -0.39 is 21.8 Å². The lowest BCUT2D eigenvalue weighted by Crippen LogP contribution is -2.28. The van der Waals surface area contributed by atoms with E-state index in [1.54, 1.807) is 18.2 Å². The maximum atomic E-state index is 13.2. The fourth-order valence-corrected chi connectivity index (χ4v) is 2.42. The van der Waals surface area contributed by atoms with Gasteiger partial charge in [-0.3, -0.25) is 4.79 Å². The number of carbonyl (C=O) groups is 1. The van der Waals surface area contributed by atoms with Gasteiger partial charge in [0.15, 0.2) is 9.84 Å². The van der Waals surface area contributed by atoms with Gasteiger partial charge in [0.2, 0.25) is 5.95 Å². The number of benzene rings is 1. The van der Waals surface area contributed by atoms with E-state index in [1.807, 2.05) is 0 Å². The van der Waals surface area contributed by atoms with Crippen LogP contribution in [0.3, 0.4) is 0 Å². The molecule has 0 unspecified atom stereocenters. The number of anilines is 2. The van der Waals surface area contributed by atoms with E-state index in [-0.39, 0.29) is 24.1 Å². The second-order valence-corrected chi connectivity index (χ2v) is 7.04. The topological polar surface area (TPSA) is 114 Å². The van der Waals surface area contributed by atoms with Crippen molar-refractivity contribution < 1.29 is 17.6 Å². The molecular weight excluding hydrogens is 349 g/mol. The Labute approximate surface area is 144 Å². The van der Waals surface area contributed by atoms with Gasteiger partial charge in [-0.15, -0.1) is 0 Å². The molecule has 0 spiro atoms. The van der Waals surface area contributed by atoms with Crippen LogP contribution in [-0.2, 0) is 9.84 Å². The average molecular weight is 365 g/mol. The molecule has 0 radical (unpaired) electrons. The third-order valence-electron chi connectivity index (χ3n) is 3.03. The zero-order valence-corrected chi connectivity index (χ0v) is 14.2. The van der Waals surface area contributed by atoms with Gasteiger partial charge >= 0.3 is 6.08 Å². The van der Waals surface area contributed by atoms with E-state index >= 15 is 0 Å². The number of halogens is 1. The Morgan fingerprint density at radius 3 is 2.76 bits per heavy atom. The normalized spacial score (nSPS) is 11.0. The molecule has 132 valence electrons. The Morgan fingerprint density at radius 2 is 2.08 bits per heavy atom. The summed E-state index contributed by atoms with van der Waals surface area (Å²) < 4.78 is 35.8. The highest BCUT2D eigenvalue weighted by Gasteiger charge is 2.10. The summed E-state index contributed by atoms with van der Waals surface area (Å²) in [5.74, 6) is -0.447. The molecule has 0 aliphatic heterocycles. The van der Waals surface area contributed by atoms with Crippen molar-refractivity contribution in [2.75, 3.05) is 17.6 Å². The highest BCUT2D eigenvalue weighted by Crippen LogP contribution is 2.15. The minimum absolute atomic E-state index is 0.0136. The van der Waals surface area contributed by atoms with E-state index in [1.165, 1.54) is 13.0 Å². The largest absolute Gasteiger partial charge is 0.351 e. The van der Waals surface area contributed by atoms with Gasteiger partial charge in [-0.25, -0.2) is 8.42 Å². The van der Waals surface area contributed by atoms with Crippen molar-refractivity contribution in [2.45, 2.75) is 6.92 Å². The van der Waals surface area contributed by atoms with Crippen LogP contribution in [0.5, 0.6) is 0 Å². The number of aryl methyl sites for hydroxylation is 1. The fourth-order valence-electron chi connectivity index (χ4n) is 1.86. The number of nitrogens with zero attached hydrogens (tertiary/aromatic N) is 3. The van der Waals surface area contributed by atoms with Crippen LogP contribution in [0.2, 0.25) is 0 Å². The maximum absolute atomic E-state index is 13.2. The Hall–Kier alpha value is -2.88.